The zero-order chi connectivity index (χ0) is 12.8. The summed E-state index contributed by atoms with van der Waals surface area (Å²) in [6.07, 6.45) is 1.94. The van der Waals surface area contributed by atoms with E-state index < -0.39 is 0 Å². The van der Waals surface area contributed by atoms with Crippen molar-refractivity contribution in [2.45, 2.75) is 47.2 Å². The third-order valence-electron chi connectivity index (χ3n) is 2.82. The molecule has 96 valence electrons. The van der Waals surface area contributed by atoms with Crippen LogP contribution in [0.15, 0.2) is 6.20 Å². The van der Waals surface area contributed by atoms with Gasteiger partial charge in [-0.3, -0.25) is 0 Å². The van der Waals surface area contributed by atoms with E-state index in [1.807, 2.05) is 13.1 Å². The van der Waals surface area contributed by atoms with E-state index in [9.17, 15) is 0 Å². The number of hydrogen-bond acceptors (Lipinski definition) is 4. The zero-order valence-electron chi connectivity index (χ0n) is 11.6. The molecule has 0 saturated carbocycles. The molecule has 0 bridgehead atoms. The maximum Gasteiger partial charge on any atom is 0.225 e. The van der Waals surface area contributed by atoms with Gasteiger partial charge in [-0.1, -0.05) is 13.8 Å². The van der Waals surface area contributed by atoms with Crippen LogP contribution in [0.25, 0.3) is 0 Å². The van der Waals surface area contributed by atoms with Gasteiger partial charge in [0, 0.05) is 43.1 Å². The van der Waals surface area contributed by atoms with Crippen molar-refractivity contribution >= 4 is 5.95 Å². The molecule has 17 heavy (non-hydrogen) atoms. The normalized spacial score (nSPS) is 10.9. The fourth-order valence-electron chi connectivity index (χ4n) is 1.63. The first-order chi connectivity index (χ1) is 8.08. The van der Waals surface area contributed by atoms with Gasteiger partial charge in [0.1, 0.15) is 0 Å². The molecule has 1 aromatic heterocycles. The minimum absolute atomic E-state index is 0.483. The van der Waals surface area contributed by atoms with Crippen molar-refractivity contribution in [3.63, 3.8) is 0 Å². The Kier molecular flexibility index (Phi) is 5.35. The third kappa shape index (κ3) is 3.97. The van der Waals surface area contributed by atoms with E-state index in [2.05, 4.69) is 47.9 Å². The van der Waals surface area contributed by atoms with Crippen LogP contribution in [0.5, 0.6) is 0 Å². The molecule has 0 saturated heterocycles. The Balaban J connectivity index is 2.78. The lowest BCUT2D eigenvalue weighted by molar-refractivity contribution is 0.584. The SMILES string of the molecule is CCN(CC)c1ncc(CNC(C)C)c(C)n1. The zero-order valence-corrected chi connectivity index (χ0v) is 11.6. The van der Waals surface area contributed by atoms with Crippen LogP contribution < -0.4 is 10.2 Å². The maximum atomic E-state index is 4.57. The molecule has 0 unspecified atom stereocenters. The second kappa shape index (κ2) is 6.55. The lowest BCUT2D eigenvalue weighted by Gasteiger charge is -2.19. The second-order valence-corrected chi connectivity index (χ2v) is 4.49. The largest absolute Gasteiger partial charge is 0.341 e. The topological polar surface area (TPSA) is 41.1 Å². The fraction of sp³-hybridized carbons (Fsp3) is 0.692. The molecule has 4 nitrogen and oxygen atoms in total. The Morgan fingerprint density at radius 1 is 1.29 bits per heavy atom. The molecule has 0 radical (unpaired) electrons. The van der Waals surface area contributed by atoms with Gasteiger partial charge in [-0.2, -0.15) is 0 Å². The molecule has 0 atom stereocenters. The molecule has 1 aromatic rings. The van der Waals surface area contributed by atoms with Crippen LogP contribution in [0, 0.1) is 6.92 Å². The second-order valence-electron chi connectivity index (χ2n) is 4.49. The first-order valence-corrected chi connectivity index (χ1v) is 6.39. The summed E-state index contributed by atoms with van der Waals surface area (Å²) in [4.78, 5) is 11.2. The average Bonchev–Trinajstić information content (AvgIpc) is 2.29. The summed E-state index contributed by atoms with van der Waals surface area (Å²) in [5, 5.41) is 3.39. The molecule has 0 aliphatic rings. The van der Waals surface area contributed by atoms with Crippen LogP contribution in [-0.4, -0.2) is 29.1 Å². The van der Waals surface area contributed by atoms with Gasteiger partial charge in [-0.05, 0) is 20.8 Å². The summed E-state index contributed by atoms with van der Waals surface area (Å²) in [5.41, 5.74) is 2.24. The standard InChI is InChI=1S/C13H24N4/c1-6-17(7-2)13-15-9-12(11(5)16-13)8-14-10(3)4/h9-10,14H,6-8H2,1-5H3. The summed E-state index contributed by atoms with van der Waals surface area (Å²) in [6.45, 7) is 13.3. The van der Waals surface area contributed by atoms with Crippen molar-refractivity contribution in [2.24, 2.45) is 0 Å². The minimum atomic E-state index is 0.483. The van der Waals surface area contributed by atoms with Crippen LogP contribution in [0.1, 0.15) is 39.0 Å². The van der Waals surface area contributed by atoms with E-state index in [4.69, 9.17) is 0 Å². The van der Waals surface area contributed by atoms with Crippen molar-refractivity contribution in [2.75, 3.05) is 18.0 Å². The highest BCUT2D eigenvalue weighted by Crippen LogP contribution is 2.11. The highest BCUT2D eigenvalue weighted by molar-refractivity contribution is 5.32. The van der Waals surface area contributed by atoms with E-state index in [1.165, 1.54) is 5.56 Å². The number of nitrogens with zero attached hydrogens (tertiary/aromatic N) is 3. The number of anilines is 1. The smallest absolute Gasteiger partial charge is 0.225 e. The van der Waals surface area contributed by atoms with Crippen LogP contribution in [0.3, 0.4) is 0 Å². The van der Waals surface area contributed by atoms with Gasteiger partial charge in [-0.15, -0.1) is 0 Å². The van der Waals surface area contributed by atoms with Crippen LogP contribution in [0.2, 0.25) is 0 Å². The summed E-state index contributed by atoms with van der Waals surface area (Å²) in [7, 11) is 0. The van der Waals surface area contributed by atoms with Gasteiger partial charge >= 0.3 is 0 Å². The Labute approximate surface area is 104 Å². The van der Waals surface area contributed by atoms with Gasteiger partial charge in [0.25, 0.3) is 0 Å². The van der Waals surface area contributed by atoms with Crippen LogP contribution in [0.4, 0.5) is 5.95 Å². The molecule has 1 rings (SSSR count). The summed E-state index contributed by atoms with van der Waals surface area (Å²) in [5.74, 6) is 0.834. The van der Waals surface area contributed by atoms with Crippen molar-refractivity contribution in [3.05, 3.63) is 17.5 Å². The molecule has 0 amide bonds. The molecular formula is C13H24N4. The molecule has 0 fully saturated rings. The van der Waals surface area contributed by atoms with E-state index >= 15 is 0 Å². The number of rotatable bonds is 6. The average molecular weight is 236 g/mol. The maximum absolute atomic E-state index is 4.57. The molecule has 1 N–H and O–H groups in total. The highest BCUT2D eigenvalue weighted by Gasteiger charge is 2.08. The first-order valence-electron chi connectivity index (χ1n) is 6.39. The van der Waals surface area contributed by atoms with Gasteiger partial charge in [0.2, 0.25) is 5.95 Å². The van der Waals surface area contributed by atoms with Crippen molar-refractivity contribution < 1.29 is 0 Å². The Hall–Kier alpha value is -1.16. The van der Waals surface area contributed by atoms with Crippen molar-refractivity contribution in [1.29, 1.82) is 0 Å². The quantitative estimate of drug-likeness (QED) is 0.821. The molecular weight excluding hydrogens is 212 g/mol. The molecule has 1 heterocycles. The Bertz CT molecular complexity index is 345. The molecule has 0 spiro atoms. The minimum Gasteiger partial charge on any atom is -0.341 e. The summed E-state index contributed by atoms with van der Waals surface area (Å²) in [6, 6.07) is 0.483. The first kappa shape index (κ1) is 13.9. The van der Waals surface area contributed by atoms with Crippen LogP contribution in [-0.2, 0) is 6.54 Å². The number of aromatic nitrogens is 2. The van der Waals surface area contributed by atoms with E-state index in [0.717, 1.165) is 31.3 Å². The van der Waals surface area contributed by atoms with Gasteiger partial charge in [-0.25, -0.2) is 9.97 Å². The summed E-state index contributed by atoms with van der Waals surface area (Å²) < 4.78 is 0. The van der Waals surface area contributed by atoms with Crippen LogP contribution >= 0.6 is 0 Å². The monoisotopic (exact) mass is 236 g/mol. The van der Waals surface area contributed by atoms with Crippen molar-refractivity contribution in [1.82, 2.24) is 15.3 Å². The number of aryl methyl sites for hydroxylation is 1. The van der Waals surface area contributed by atoms with Crippen molar-refractivity contribution in [3.8, 4) is 0 Å². The van der Waals surface area contributed by atoms with Gasteiger partial charge in [0.05, 0.1) is 0 Å². The number of hydrogen-bond donors (Lipinski definition) is 1. The highest BCUT2D eigenvalue weighted by atomic mass is 15.2. The van der Waals surface area contributed by atoms with E-state index in [0.29, 0.717) is 6.04 Å². The Morgan fingerprint density at radius 3 is 2.41 bits per heavy atom. The van der Waals surface area contributed by atoms with Gasteiger partial charge in [0.15, 0.2) is 0 Å². The predicted octanol–water partition coefficient (Wildman–Crippen LogP) is 2.13. The fourth-order valence-corrected chi connectivity index (χ4v) is 1.63. The molecule has 0 aliphatic heterocycles. The van der Waals surface area contributed by atoms with E-state index in [-0.39, 0.29) is 0 Å². The molecule has 0 aliphatic carbocycles. The third-order valence-corrected chi connectivity index (χ3v) is 2.82. The predicted molar refractivity (Wildman–Crippen MR) is 72.3 cm³/mol. The number of nitrogens with one attached hydrogen (secondary N) is 1. The summed E-state index contributed by atoms with van der Waals surface area (Å²) >= 11 is 0. The molecule has 0 aromatic carbocycles. The van der Waals surface area contributed by atoms with Gasteiger partial charge < -0.3 is 10.2 Å². The molecule has 4 heteroatoms. The lowest BCUT2D eigenvalue weighted by atomic mass is 10.2. The Morgan fingerprint density at radius 2 is 1.94 bits per heavy atom. The lowest BCUT2D eigenvalue weighted by Crippen LogP contribution is -2.26. The van der Waals surface area contributed by atoms with E-state index in [1.54, 1.807) is 0 Å².